The van der Waals surface area contributed by atoms with E-state index < -0.39 is 12.2 Å². The average molecular weight is 397 g/mol. The predicted molar refractivity (Wildman–Crippen MR) is 106 cm³/mol. The molecule has 0 saturated heterocycles. The number of hydrogen-bond acceptors (Lipinski definition) is 6. The van der Waals surface area contributed by atoms with Crippen LogP contribution >= 0.6 is 11.8 Å². The van der Waals surface area contributed by atoms with E-state index in [2.05, 4.69) is 10.6 Å². The summed E-state index contributed by atoms with van der Waals surface area (Å²) >= 11 is 1.59. The van der Waals surface area contributed by atoms with Crippen LogP contribution in [0.15, 0.2) is 24.3 Å². The number of nitrogens with one attached hydrogen (secondary N) is 2. The summed E-state index contributed by atoms with van der Waals surface area (Å²) in [5, 5.41) is 5.17. The number of carbonyl (C=O) groups excluding carboxylic acids is 3. The monoisotopic (exact) mass is 396 g/mol. The summed E-state index contributed by atoms with van der Waals surface area (Å²) in [6.45, 7) is 2.17. The highest BCUT2D eigenvalue weighted by molar-refractivity contribution is 7.98. The smallest absolute Gasteiger partial charge is 0.407 e. The lowest BCUT2D eigenvalue weighted by Crippen LogP contribution is -2.32. The molecule has 0 aliphatic rings. The number of rotatable bonds is 11. The van der Waals surface area contributed by atoms with E-state index in [1.54, 1.807) is 36.0 Å². The van der Waals surface area contributed by atoms with E-state index in [1.165, 1.54) is 7.05 Å². The van der Waals surface area contributed by atoms with Crippen molar-refractivity contribution in [2.75, 3.05) is 25.6 Å². The number of unbranched alkanes of at least 4 members (excludes halogenated alkanes) is 1. The van der Waals surface area contributed by atoms with Gasteiger partial charge in [-0.3, -0.25) is 9.59 Å². The van der Waals surface area contributed by atoms with E-state index >= 15 is 0 Å². The molecule has 27 heavy (non-hydrogen) atoms. The van der Waals surface area contributed by atoms with E-state index in [1.807, 2.05) is 13.2 Å². The van der Waals surface area contributed by atoms with Crippen LogP contribution in [0.1, 0.15) is 44.3 Å². The molecule has 0 aromatic heterocycles. The second-order valence-corrected chi connectivity index (χ2v) is 6.82. The predicted octanol–water partition coefficient (Wildman–Crippen LogP) is 3.05. The highest BCUT2D eigenvalue weighted by atomic mass is 32.2. The third-order valence-corrected chi connectivity index (χ3v) is 4.30. The molecule has 2 N–H and O–H groups in total. The summed E-state index contributed by atoms with van der Waals surface area (Å²) in [5.74, 6) is 0.785. The number of esters is 1. The van der Waals surface area contributed by atoms with Gasteiger partial charge in [0.2, 0.25) is 5.91 Å². The Balaban J connectivity index is 2.72. The Kier molecular flexibility index (Phi) is 11.0. The second-order valence-electron chi connectivity index (χ2n) is 5.84. The molecule has 0 fully saturated rings. The lowest BCUT2D eigenvalue weighted by Gasteiger charge is -2.19. The summed E-state index contributed by atoms with van der Waals surface area (Å²) in [4.78, 5) is 35.1. The SMILES string of the molecule is CCCCC(=O)Oc1ccc(C(CNC(=O)CCSC)OC(=O)NC)cc1. The summed E-state index contributed by atoms with van der Waals surface area (Å²) in [5.41, 5.74) is 0.692. The minimum absolute atomic E-state index is 0.101. The van der Waals surface area contributed by atoms with Gasteiger partial charge in [-0.2, -0.15) is 11.8 Å². The van der Waals surface area contributed by atoms with Gasteiger partial charge in [0.1, 0.15) is 11.9 Å². The lowest BCUT2D eigenvalue weighted by atomic mass is 10.1. The highest BCUT2D eigenvalue weighted by Gasteiger charge is 2.18. The van der Waals surface area contributed by atoms with Gasteiger partial charge < -0.3 is 20.1 Å². The van der Waals surface area contributed by atoms with Gasteiger partial charge in [-0.1, -0.05) is 25.5 Å². The van der Waals surface area contributed by atoms with Gasteiger partial charge in [0.15, 0.2) is 0 Å². The van der Waals surface area contributed by atoms with Crippen molar-refractivity contribution in [2.24, 2.45) is 0 Å². The van der Waals surface area contributed by atoms with Gasteiger partial charge in [-0.05, 0) is 30.4 Å². The normalized spacial score (nSPS) is 11.4. The van der Waals surface area contributed by atoms with Crippen LogP contribution in [0.4, 0.5) is 4.79 Å². The van der Waals surface area contributed by atoms with Gasteiger partial charge in [-0.15, -0.1) is 0 Å². The van der Waals surface area contributed by atoms with E-state index in [-0.39, 0.29) is 18.4 Å². The molecule has 1 aromatic carbocycles. The number of hydrogen-bond donors (Lipinski definition) is 2. The average Bonchev–Trinajstić information content (AvgIpc) is 2.68. The van der Waals surface area contributed by atoms with Gasteiger partial charge in [0, 0.05) is 25.6 Å². The molecule has 2 amide bonds. The van der Waals surface area contributed by atoms with Crippen LogP contribution in [0.2, 0.25) is 0 Å². The molecule has 150 valence electrons. The molecule has 1 unspecified atom stereocenters. The van der Waals surface area contributed by atoms with Crippen LogP contribution in [0.5, 0.6) is 5.75 Å². The highest BCUT2D eigenvalue weighted by Crippen LogP contribution is 2.21. The van der Waals surface area contributed by atoms with Gasteiger partial charge in [0.25, 0.3) is 0 Å². The Morgan fingerprint density at radius 2 is 1.85 bits per heavy atom. The van der Waals surface area contributed by atoms with Crippen molar-refractivity contribution in [1.82, 2.24) is 10.6 Å². The van der Waals surface area contributed by atoms with Crippen molar-refractivity contribution in [3.63, 3.8) is 0 Å². The van der Waals surface area contributed by atoms with Gasteiger partial charge >= 0.3 is 12.1 Å². The van der Waals surface area contributed by atoms with Crippen LogP contribution < -0.4 is 15.4 Å². The number of thioether (sulfide) groups is 1. The summed E-state index contributed by atoms with van der Waals surface area (Å²) < 4.78 is 10.6. The number of benzene rings is 1. The Morgan fingerprint density at radius 3 is 2.44 bits per heavy atom. The number of alkyl carbamates (subject to hydrolysis) is 1. The fraction of sp³-hybridized carbons (Fsp3) is 0.526. The standard InChI is InChI=1S/C19H28N2O5S/c1-4-5-6-18(23)25-15-9-7-14(8-10-15)16(26-19(24)20-2)13-21-17(22)11-12-27-3/h7-10,16H,4-6,11-13H2,1-3H3,(H,20,24)(H,21,22). The first kappa shape index (κ1) is 22.8. The van der Waals surface area contributed by atoms with Crippen LogP contribution in [-0.2, 0) is 14.3 Å². The third-order valence-electron chi connectivity index (χ3n) is 3.69. The molecule has 1 rings (SSSR count). The minimum Gasteiger partial charge on any atom is -0.439 e. The van der Waals surface area contributed by atoms with Crippen molar-refractivity contribution in [3.05, 3.63) is 29.8 Å². The van der Waals surface area contributed by atoms with Crippen molar-refractivity contribution >= 4 is 29.7 Å². The topological polar surface area (TPSA) is 93.7 Å². The van der Waals surface area contributed by atoms with Crippen molar-refractivity contribution < 1.29 is 23.9 Å². The molecular formula is C19H28N2O5S. The quantitative estimate of drug-likeness (QED) is 0.441. The largest absolute Gasteiger partial charge is 0.439 e. The zero-order valence-corrected chi connectivity index (χ0v) is 16.9. The zero-order valence-electron chi connectivity index (χ0n) is 16.1. The molecule has 0 aliphatic carbocycles. The van der Waals surface area contributed by atoms with Crippen LogP contribution in [0.25, 0.3) is 0 Å². The fourth-order valence-electron chi connectivity index (χ4n) is 2.16. The van der Waals surface area contributed by atoms with Gasteiger partial charge in [-0.25, -0.2) is 4.79 Å². The van der Waals surface area contributed by atoms with E-state index in [0.29, 0.717) is 24.2 Å². The summed E-state index contributed by atoms with van der Waals surface area (Å²) in [6.07, 6.45) is 3.19. The molecule has 1 aromatic rings. The van der Waals surface area contributed by atoms with Crippen LogP contribution in [0, 0.1) is 0 Å². The Morgan fingerprint density at radius 1 is 1.15 bits per heavy atom. The zero-order chi connectivity index (χ0) is 20.1. The van der Waals surface area contributed by atoms with Crippen LogP contribution in [0.3, 0.4) is 0 Å². The summed E-state index contributed by atoms with van der Waals surface area (Å²) in [6, 6.07) is 6.72. The van der Waals surface area contributed by atoms with Crippen molar-refractivity contribution in [3.8, 4) is 5.75 Å². The molecule has 0 spiro atoms. The Hall–Kier alpha value is -2.22. The first-order chi connectivity index (χ1) is 13.0. The fourth-order valence-corrected chi connectivity index (χ4v) is 2.55. The van der Waals surface area contributed by atoms with Crippen molar-refractivity contribution in [1.29, 1.82) is 0 Å². The maximum absolute atomic E-state index is 11.8. The van der Waals surface area contributed by atoms with Gasteiger partial charge in [0.05, 0.1) is 6.54 Å². The lowest BCUT2D eigenvalue weighted by molar-refractivity contribution is -0.134. The Bertz CT molecular complexity index is 607. The molecule has 8 heteroatoms. The molecule has 0 saturated carbocycles. The van der Waals surface area contributed by atoms with Crippen LogP contribution in [-0.4, -0.2) is 43.6 Å². The van der Waals surface area contributed by atoms with Crippen molar-refractivity contribution in [2.45, 2.75) is 38.7 Å². The first-order valence-corrected chi connectivity index (χ1v) is 10.3. The Labute approximate surface area is 164 Å². The number of amides is 2. The number of carbonyl (C=O) groups is 3. The number of ether oxygens (including phenoxy) is 2. The molecule has 0 heterocycles. The molecule has 0 radical (unpaired) electrons. The molecule has 7 nitrogen and oxygen atoms in total. The minimum atomic E-state index is -0.645. The molecule has 0 bridgehead atoms. The van der Waals surface area contributed by atoms with E-state index in [4.69, 9.17) is 9.47 Å². The maximum Gasteiger partial charge on any atom is 0.407 e. The molecule has 1 atom stereocenters. The molecular weight excluding hydrogens is 368 g/mol. The third kappa shape index (κ3) is 9.33. The van der Waals surface area contributed by atoms with E-state index in [9.17, 15) is 14.4 Å². The summed E-state index contributed by atoms with van der Waals surface area (Å²) in [7, 11) is 1.47. The molecule has 0 aliphatic heterocycles. The van der Waals surface area contributed by atoms with E-state index in [0.717, 1.165) is 18.6 Å². The first-order valence-electron chi connectivity index (χ1n) is 8.94. The second kappa shape index (κ2) is 13.0. The maximum atomic E-state index is 11.8.